The van der Waals surface area contributed by atoms with E-state index in [9.17, 15) is 19.8 Å². The average molecular weight is 278 g/mol. The van der Waals surface area contributed by atoms with Gasteiger partial charge in [-0.3, -0.25) is 0 Å². The van der Waals surface area contributed by atoms with Gasteiger partial charge in [-0.15, -0.1) is 0 Å². The van der Waals surface area contributed by atoms with Gasteiger partial charge in [0.15, 0.2) is 11.2 Å². The second-order valence-corrected chi connectivity index (χ2v) is 5.15. The molecule has 0 aliphatic carbocycles. The first-order valence-electron chi connectivity index (χ1n) is 5.99. The third-order valence-corrected chi connectivity index (χ3v) is 3.28. The van der Waals surface area contributed by atoms with E-state index < -0.39 is 48.2 Å². The highest BCUT2D eigenvalue weighted by Crippen LogP contribution is 2.22. The number of hydrogen-bond acceptors (Lipinski definition) is 7. The fourth-order valence-corrected chi connectivity index (χ4v) is 1.23. The van der Waals surface area contributed by atoms with Crippen molar-refractivity contribution >= 4 is 11.9 Å². The third-order valence-electron chi connectivity index (χ3n) is 3.28. The Bertz CT molecular complexity index is 307. The van der Waals surface area contributed by atoms with Crippen molar-refractivity contribution < 1.29 is 34.8 Å². The molecule has 0 bridgehead atoms. The molecule has 0 amide bonds. The molecule has 0 heterocycles. The minimum absolute atomic E-state index is 0.695. The maximum Gasteiger partial charge on any atom is 0.348 e. The normalized spacial score (nSPS) is 18.0. The lowest BCUT2D eigenvalue weighted by Crippen LogP contribution is -2.54. The number of rotatable bonds is 6. The van der Waals surface area contributed by atoms with E-state index in [1.807, 2.05) is 0 Å². The van der Waals surface area contributed by atoms with Crippen molar-refractivity contribution in [2.75, 3.05) is 13.2 Å². The minimum Gasteiger partial charge on any atom is -0.393 e. The molecule has 0 radical (unpaired) electrons. The Labute approximate surface area is 111 Å². The SMILES string of the molecule is CC(C)C(O)(CO)C(=O)OC(=O)C(O)(CO)C(C)C. The molecule has 19 heavy (non-hydrogen) atoms. The predicted octanol–water partition coefficient (Wildman–Crippen LogP) is -1.19. The molecule has 4 N–H and O–H groups in total. The summed E-state index contributed by atoms with van der Waals surface area (Å²) in [4.78, 5) is 23.4. The molecule has 0 aromatic heterocycles. The number of esters is 2. The summed E-state index contributed by atoms with van der Waals surface area (Å²) in [6, 6.07) is 0. The number of carbonyl (C=O) groups excluding carboxylic acids is 2. The van der Waals surface area contributed by atoms with Crippen LogP contribution in [0.15, 0.2) is 0 Å². The van der Waals surface area contributed by atoms with Crippen LogP contribution in [0.2, 0.25) is 0 Å². The summed E-state index contributed by atoms with van der Waals surface area (Å²) in [6.07, 6.45) is 0. The predicted molar refractivity (Wildman–Crippen MR) is 64.8 cm³/mol. The lowest BCUT2D eigenvalue weighted by molar-refractivity contribution is -0.195. The van der Waals surface area contributed by atoms with Gasteiger partial charge in [-0.1, -0.05) is 27.7 Å². The molecule has 2 atom stereocenters. The van der Waals surface area contributed by atoms with Crippen LogP contribution in [0.25, 0.3) is 0 Å². The average Bonchev–Trinajstić information content (AvgIpc) is 2.35. The van der Waals surface area contributed by atoms with Crippen molar-refractivity contribution in [3.8, 4) is 0 Å². The summed E-state index contributed by atoms with van der Waals surface area (Å²) in [5.74, 6) is -4.11. The van der Waals surface area contributed by atoms with Gasteiger partial charge in [-0.05, 0) is 11.8 Å². The molecule has 7 nitrogen and oxygen atoms in total. The van der Waals surface area contributed by atoms with E-state index in [-0.39, 0.29) is 0 Å². The second kappa shape index (κ2) is 6.42. The Morgan fingerprint density at radius 3 is 1.32 bits per heavy atom. The first-order chi connectivity index (χ1) is 8.56. The van der Waals surface area contributed by atoms with E-state index in [0.29, 0.717) is 0 Å². The Kier molecular flexibility index (Phi) is 6.08. The molecule has 0 fully saturated rings. The fraction of sp³-hybridized carbons (Fsp3) is 0.833. The molecule has 0 aliphatic rings. The van der Waals surface area contributed by atoms with Gasteiger partial charge in [0.05, 0.1) is 13.2 Å². The summed E-state index contributed by atoms with van der Waals surface area (Å²) in [7, 11) is 0. The van der Waals surface area contributed by atoms with Crippen LogP contribution in [0.1, 0.15) is 27.7 Å². The molecule has 0 aromatic rings. The van der Waals surface area contributed by atoms with Crippen LogP contribution in [-0.4, -0.2) is 56.8 Å². The molecule has 0 aliphatic heterocycles. The standard InChI is InChI=1S/C12H22O7/c1-7(2)11(17,5-13)9(15)19-10(16)12(18,6-14)8(3)4/h7-8,13-14,17-18H,5-6H2,1-4H3. The lowest BCUT2D eigenvalue weighted by atomic mass is 9.90. The van der Waals surface area contributed by atoms with E-state index in [2.05, 4.69) is 4.74 Å². The number of aliphatic hydroxyl groups excluding tert-OH is 2. The zero-order valence-corrected chi connectivity index (χ0v) is 11.6. The van der Waals surface area contributed by atoms with E-state index in [1.54, 1.807) is 0 Å². The van der Waals surface area contributed by atoms with Crippen LogP contribution in [0, 0.1) is 11.8 Å². The summed E-state index contributed by atoms with van der Waals surface area (Å²) >= 11 is 0. The van der Waals surface area contributed by atoms with Crippen LogP contribution in [0.4, 0.5) is 0 Å². The second-order valence-electron chi connectivity index (χ2n) is 5.15. The highest BCUT2D eigenvalue weighted by Gasteiger charge is 2.47. The van der Waals surface area contributed by atoms with Crippen LogP contribution in [0.3, 0.4) is 0 Å². The van der Waals surface area contributed by atoms with Crippen LogP contribution < -0.4 is 0 Å². The van der Waals surface area contributed by atoms with Gasteiger partial charge in [-0.25, -0.2) is 9.59 Å². The zero-order valence-electron chi connectivity index (χ0n) is 11.6. The van der Waals surface area contributed by atoms with Crippen molar-refractivity contribution in [2.24, 2.45) is 11.8 Å². The molecule has 2 unspecified atom stereocenters. The Morgan fingerprint density at radius 2 is 1.16 bits per heavy atom. The zero-order chi connectivity index (χ0) is 15.4. The molecule has 0 spiro atoms. The molecule has 0 rings (SSSR count). The van der Waals surface area contributed by atoms with Crippen LogP contribution in [-0.2, 0) is 14.3 Å². The van der Waals surface area contributed by atoms with E-state index in [0.717, 1.165) is 0 Å². The van der Waals surface area contributed by atoms with Crippen LogP contribution >= 0.6 is 0 Å². The van der Waals surface area contributed by atoms with Gasteiger partial charge < -0.3 is 25.2 Å². The Morgan fingerprint density at radius 1 is 0.895 bits per heavy atom. The van der Waals surface area contributed by atoms with Gasteiger partial charge in [0, 0.05) is 0 Å². The first kappa shape index (κ1) is 18.0. The summed E-state index contributed by atoms with van der Waals surface area (Å²) in [6.45, 7) is 4.00. The molecule has 7 heteroatoms. The van der Waals surface area contributed by atoms with Gasteiger partial charge >= 0.3 is 11.9 Å². The Balaban J connectivity index is 5.06. The smallest absolute Gasteiger partial charge is 0.348 e. The number of ether oxygens (including phenoxy) is 1. The van der Waals surface area contributed by atoms with E-state index in [1.165, 1.54) is 27.7 Å². The van der Waals surface area contributed by atoms with Crippen molar-refractivity contribution in [2.45, 2.75) is 38.9 Å². The quantitative estimate of drug-likeness (QED) is 0.356. The van der Waals surface area contributed by atoms with Crippen molar-refractivity contribution in [1.82, 2.24) is 0 Å². The van der Waals surface area contributed by atoms with Gasteiger partial charge in [-0.2, -0.15) is 0 Å². The molecule has 0 aromatic carbocycles. The first-order valence-corrected chi connectivity index (χ1v) is 5.99. The van der Waals surface area contributed by atoms with Gasteiger partial charge in [0.2, 0.25) is 0 Å². The maximum absolute atomic E-state index is 11.7. The van der Waals surface area contributed by atoms with Crippen molar-refractivity contribution in [1.29, 1.82) is 0 Å². The topological polar surface area (TPSA) is 124 Å². The molecule has 0 saturated heterocycles. The highest BCUT2D eigenvalue weighted by molar-refractivity contribution is 5.94. The fourth-order valence-electron chi connectivity index (χ4n) is 1.23. The van der Waals surface area contributed by atoms with Crippen LogP contribution in [0.5, 0.6) is 0 Å². The summed E-state index contributed by atoms with van der Waals surface area (Å²) < 4.78 is 4.39. The molecule has 112 valence electrons. The largest absolute Gasteiger partial charge is 0.393 e. The summed E-state index contributed by atoms with van der Waals surface area (Å²) in [5.41, 5.74) is -4.47. The molecular formula is C12H22O7. The monoisotopic (exact) mass is 278 g/mol. The van der Waals surface area contributed by atoms with Gasteiger partial charge in [0.1, 0.15) is 0 Å². The third kappa shape index (κ3) is 3.50. The van der Waals surface area contributed by atoms with Crippen molar-refractivity contribution in [3.05, 3.63) is 0 Å². The highest BCUT2D eigenvalue weighted by atomic mass is 16.6. The lowest BCUT2D eigenvalue weighted by Gasteiger charge is -2.30. The summed E-state index contributed by atoms with van der Waals surface area (Å²) in [5, 5.41) is 37.8. The maximum atomic E-state index is 11.7. The molecular weight excluding hydrogens is 256 g/mol. The van der Waals surface area contributed by atoms with E-state index in [4.69, 9.17) is 10.2 Å². The minimum atomic E-state index is -2.23. The Hall–Kier alpha value is -1.02. The van der Waals surface area contributed by atoms with Gasteiger partial charge in [0.25, 0.3) is 0 Å². The van der Waals surface area contributed by atoms with Crippen molar-refractivity contribution in [3.63, 3.8) is 0 Å². The number of carbonyl (C=O) groups is 2. The molecule has 0 saturated carbocycles. The van der Waals surface area contributed by atoms with E-state index >= 15 is 0 Å². The number of hydrogen-bond donors (Lipinski definition) is 4. The number of aliphatic hydroxyl groups is 4.